The standard InChI is InChI=1S/C91H124F2N24O19S/c1-8-10-23-68-83(129)105-59(22-16-28-100-91(96)97)79(125)112-67(78(124)103-42-74(95)121)45-137-46-76(122)104-65-34-49-33-55(92)56(93)38-71(49)117(89(65)135)48(5)77(123)106-60(26-27-73(94)120)87(133)115-31-17-25-69(115)84(130)108-62(39-75-98-29-30-99-75)81(127)109-63(32-47(3)4)88(134)116-43-52(119)37-72(116)85(131)107-61(35-50-40-101-57-20-14-12-18-53(50)57)80(126)111-66(44-118)82(128)110-64(36-51-41-102-58-21-15-13-19-54(51)58)86(132)114(7)70(24-11-9-2)90(136)113(68)6/h12-15,18-21,29-30,33,38,40-41,47-48,52,59-70,72,101-102,118-119H,8-11,16-17,22-28,31-32,34-37,39,42-46H2,1-7H3,(H2,94,120)(H2,95,121)(H,98,99)(H,103,124)(H,104,122)(H,105,129)(H,106,123)(H,107,131)(H,108,130)(H,109,127)(H,110,128)(H,111,126)(H,112,125)(H4,96,97,100)/t48-,52+,59-,60-,61-,62-,63-,64-,65-,66-,67-,68-,69-,70-,72?/m0/s1. The molecule has 17 amide bonds. The SMILES string of the molecule is CCCC[C@H]1C(=O)N(C)[C@@H](CCCC)C(=O)N[C@@H](CCCNC(=N)N)C(=O)N[C@H](C(=O)NCC(N)=O)CSCC(=O)N[C@H]2Cc3cc(F)c(F)cc3N(C2=O)[C@@H](C)C(=O)N[C@@H](CCC(N)=O)C(=O)N2CCC[C@H]2C(=O)N[C@@H](Cc2ncc[nH]2)C(=O)N[C@@H](CC(C)C)C(=O)N2C[C@H](O)CC2C(=O)N[C@@H](Cc2c[nH]c3ccccc23)C(=O)N[C@@H](CO)C(=O)N[C@@H](Cc2c[nH]c3ccccc23)C(=O)N1C. The summed E-state index contributed by atoms with van der Waals surface area (Å²) in [5, 5.41) is 60.6. The van der Waals surface area contributed by atoms with Crippen molar-refractivity contribution >= 4 is 146 Å². The molecule has 2 bridgehead atoms. The van der Waals surface area contributed by atoms with Gasteiger partial charge in [0.2, 0.25) is 94.5 Å². The van der Waals surface area contributed by atoms with Crippen LogP contribution < -0.4 is 80.6 Å². The molecule has 742 valence electrons. The molecular weight excluding hydrogens is 1800 g/mol. The van der Waals surface area contributed by atoms with E-state index in [1.807, 2.05) is 13.8 Å². The molecular formula is C91H124F2N24O19S. The van der Waals surface area contributed by atoms with Crippen LogP contribution in [0.4, 0.5) is 14.5 Å². The number of carbonyl (C=O) groups excluding carboxylic acids is 17. The van der Waals surface area contributed by atoms with Crippen molar-refractivity contribution in [3.8, 4) is 0 Å². The summed E-state index contributed by atoms with van der Waals surface area (Å²) >= 11 is 0.700. The van der Waals surface area contributed by atoms with Gasteiger partial charge in [0.05, 0.1) is 30.7 Å². The zero-order valence-corrected chi connectivity index (χ0v) is 78.2. The molecule has 7 heterocycles. The van der Waals surface area contributed by atoms with Crippen molar-refractivity contribution in [2.45, 2.75) is 241 Å². The molecule has 0 aliphatic carbocycles. The third-order valence-corrected chi connectivity index (χ3v) is 25.7. The van der Waals surface area contributed by atoms with Gasteiger partial charge in [-0.25, -0.2) is 13.8 Å². The Morgan fingerprint density at radius 3 is 1.77 bits per heavy atom. The van der Waals surface area contributed by atoms with Crippen molar-refractivity contribution in [3.63, 3.8) is 0 Å². The molecule has 4 aliphatic rings. The van der Waals surface area contributed by atoms with Crippen LogP contribution in [0.3, 0.4) is 0 Å². The Morgan fingerprint density at radius 2 is 1.15 bits per heavy atom. The molecule has 3 saturated heterocycles. The fraction of sp³-hybridized carbons (Fsp3) is 0.527. The molecule has 15 atom stereocenters. The van der Waals surface area contributed by atoms with Crippen molar-refractivity contribution in [1.29, 1.82) is 5.41 Å². The summed E-state index contributed by atoms with van der Waals surface area (Å²) in [4.78, 5) is 269. The number of guanidine groups is 1. The molecule has 4 aliphatic heterocycles. The van der Waals surface area contributed by atoms with E-state index in [1.54, 1.807) is 74.8 Å². The molecule has 0 spiro atoms. The lowest BCUT2D eigenvalue weighted by molar-refractivity contribution is -0.149. The number of amides is 17. The Balaban J connectivity index is 1.03. The van der Waals surface area contributed by atoms with Crippen LogP contribution in [0.1, 0.15) is 147 Å². The zero-order valence-electron chi connectivity index (χ0n) is 77.4. The van der Waals surface area contributed by atoms with Crippen molar-refractivity contribution in [2.75, 3.05) is 63.3 Å². The largest absolute Gasteiger partial charge is 0.394 e. The number of unbranched alkanes of at least 4 members (excludes halogenated alkanes) is 2. The van der Waals surface area contributed by atoms with Crippen molar-refractivity contribution < 1.29 is 101 Å². The highest BCUT2D eigenvalue weighted by Crippen LogP contribution is 2.34. The van der Waals surface area contributed by atoms with Gasteiger partial charge in [0.1, 0.15) is 90.4 Å². The smallest absolute Gasteiger partial charge is 0.250 e. The summed E-state index contributed by atoms with van der Waals surface area (Å²) in [6, 6.07) is -7.12. The van der Waals surface area contributed by atoms with Crippen molar-refractivity contribution in [3.05, 3.63) is 120 Å². The second kappa shape index (κ2) is 49.2. The number of rotatable bonds is 25. The first-order valence-corrected chi connectivity index (χ1v) is 47.0. The lowest BCUT2D eigenvalue weighted by atomic mass is 9.95. The number of hydrogen-bond donors (Lipinski definition) is 20. The number of primary amides is 2. The lowest BCUT2D eigenvalue weighted by Gasteiger charge is -2.38. The van der Waals surface area contributed by atoms with Gasteiger partial charge in [-0.3, -0.25) is 91.8 Å². The fourth-order valence-corrected chi connectivity index (χ4v) is 18.3. The minimum absolute atomic E-state index is 0.0105. The molecule has 1 unspecified atom stereocenters. The maximum atomic E-state index is 15.8. The van der Waals surface area contributed by atoms with Gasteiger partial charge in [-0.15, -0.1) is 11.8 Å². The fourth-order valence-electron chi connectivity index (χ4n) is 17.4. The highest BCUT2D eigenvalue weighted by Gasteiger charge is 2.48. The summed E-state index contributed by atoms with van der Waals surface area (Å²) in [7, 11) is 2.66. The third kappa shape index (κ3) is 27.8. The van der Waals surface area contributed by atoms with Gasteiger partial charge in [-0.2, -0.15) is 0 Å². The van der Waals surface area contributed by atoms with E-state index < -0.39 is 266 Å². The number of anilines is 1. The molecule has 23 N–H and O–H groups in total. The van der Waals surface area contributed by atoms with Gasteiger partial charge in [0.15, 0.2) is 17.6 Å². The zero-order chi connectivity index (χ0) is 99.8. The number of thioether (sulfide) groups is 1. The van der Waals surface area contributed by atoms with Crippen LogP contribution in [-0.4, -0.2) is 305 Å². The molecule has 3 fully saturated rings. The first-order chi connectivity index (χ1) is 65.3. The molecule has 3 aromatic heterocycles. The maximum Gasteiger partial charge on any atom is 0.250 e. The minimum Gasteiger partial charge on any atom is -0.394 e. The Kier molecular flexibility index (Phi) is 37.9. The summed E-state index contributed by atoms with van der Waals surface area (Å²) in [6.07, 6.45) is 2.93. The number of aliphatic hydroxyl groups excluding tert-OH is 2. The summed E-state index contributed by atoms with van der Waals surface area (Å²) in [6.45, 7) is 5.74. The number of fused-ring (bicyclic) bond motifs is 8. The highest BCUT2D eigenvalue weighted by atomic mass is 32.2. The number of para-hydroxylation sites is 2. The van der Waals surface area contributed by atoms with E-state index in [9.17, 15) is 48.6 Å². The Bertz CT molecular complexity index is 5410. The average Bonchev–Trinajstić information content (AvgIpc) is 1.51. The first-order valence-electron chi connectivity index (χ1n) is 45.8. The number of likely N-dealkylation sites (N-methyl/N-ethyl adjacent to an activating group) is 2. The molecule has 137 heavy (non-hydrogen) atoms. The van der Waals surface area contributed by atoms with Crippen LogP contribution in [0.25, 0.3) is 21.8 Å². The topological polar surface area (TPSA) is 641 Å². The molecule has 10 rings (SSSR count). The third-order valence-electron chi connectivity index (χ3n) is 24.7. The Hall–Kier alpha value is -13.7. The predicted octanol–water partition coefficient (Wildman–Crippen LogP) is -2.08. The quantitative estimate of drug-likeness (QED) is 0.0166. The van der Waals surface area contributed by atoms with Crippen LogP contribution in [-0.2, 0) is 107 Å². The molecule has 0 saturated carbocycles. The number of aliphatic hydroxyl groups is 2. The molecule has 6 aromatic rings. The number of aromatic nitrogens is 4. The van der Waals surface area contributed by atoms with Crippen LogP contribution in [0.2, 0.25) is 0 Å². The van der Waals surface area contributed by atoms with Gasteiger partial charge in [-0.1, -0.05) is 89.8 Å². The number of hydrogen-bond acceptors (Lipinski definition) is 22. The maximum absolute atomic E-state index is 15.8. The number of aromatic amines is 3. The van der Waals surface area contributed by atoms with E-state index in [2.05, 4.69) is 78.4 Å². The van der Waals surface area contributed by atoms with Gasteiger partial charge >= 0.3 is 0 Å². The van der Waals surface area contributed by atoms with Gasteiger partial charge < -0.3 is 120 Å². The van der Waals surface area contributed by atoms with E-state index in [0.29, 0.717) is 76.4 Å². The number of imidazole rings is 1. The van der Waals surface area contributed by atoms with E-state index in [4.69, 9.17) is 22.6 Å². The monoisotopic (exact) mass is 1930 g/mol. The summed E-state index contributed by atoms with van der Waals surface area (Å²) in [5.74, 6) is -21.3. The van der Waals surface area contributed by atoms with Crippen LogP contribution in [0.15, 0.2) is 85.5 Å². The number of benzene rings is 3. The van der Waals surface area contributed by atoms with E-state index in [1.165, 1.54) is 26.5 Å². The van der Waals surface area contributed by atoms with Gasteiger partial charge in [0.25, 0.3) is 5.91 Å². The second-order valence-corrected chi connectivity index (χ2v) is 36.3. The average molecular weight is 1930 g/mol. The molecule has 43 nitrogen and oxygen atoms in total. The van der Waals surface area contributed by atoms with Crippen molar-refractivity contribution in [1.82, 2.24) is 98.0 Å². The first kappa shape index (κ1) is 105. The van der Waals surface area contributed by atoms with Gasteiger partial charge in [-0.05, 0) is 99.1 Å². The molecule has 3 aromatic carbocycles. The normalized spacial score (nSPS) is 24.8. The van der Waals surface area contributed by atoms with Crippen LogP contribution in [0.5, 0.6) is 0 Å². The van der Waals surface area contributed by atoms with Crippen molar-refractivity contribution in [2.24, 2.45) is 23.1 Å². The number of nitrogens with zero attached hydrogens (tertiary/aromatic N) is 6. The molecule has 46 heteroatoms. The van der Waals surface area contributed by atoms with E-state index in [-0.39, 0.29) is 100 Å². The Labute approximate surface area is 792 Å². The number of nitrogens with two attached hydrogens (primary N) is 3. The number of nitrogens with one attached hydrogen (secondary N) is 15. The molecule has 0 radical (unpaired) electrons. The number of halogens is 2. The van der Waals surface area contributed by atoms with E-state index >= 15 is 51.9 Å². The Morgan fingerprint density at radius 1 is 0.591 bits per heavy atom. The van der Waals surface area contributed by atoms with Crippen LogP contribution >= 0.6 is 11.8 Å². The predicted molar refractivity (Wildman–Crippen MR) is 497 cm³/mol. The number of carbonyl (C=O) groups is 17. The second-order valence-electron chi connectivity index (χ2n) is 35.3. The number of H-pyrrole nitrogens is 3. The lowest BCUT2D eigenvalue weighted by Crippen LogP contribution is -2.62. The highest BCUT2D eigenvalue weighted by molar-refractivity contribution is 8.00. The van der Waals surface area contributed by atoms with E-state index in [0.717, 1.165) is 37.5 Å². The van der Waals surface area contributed by atoms with Crippen LogP contribution in [0, 0.1) is 23.0 Å². The summed E-state index contributed by atoms with van der Waals surface area (Å²) < 4.78 is 30.8. The van der Waals surface area contributed by atoms with Gasteiger partial charge in [0, 0.05) is 131 Å². The minimum atomic E-state index is -1.90. The summed E-state index contributed by atoms with van der Waals surface area (Å²) in [5.41, 5.74) is 18.4.